The third-order valence-corrected chi connectivity index (χ3v) is 8.20. The molecule has 0 saturated carbocycles. The number of aromatic nitrogens is 2. The number of nitrogens with zero attached hydrogens (tertiary/aromatic N) is 2. The van der Waals surface area contributed by atoms with Gasteiger partial charge in [0.15, 0.2) is 0 Å². The summed E-state index contributed by atoms with van der Waals surface area (Å²) >= 11 is 0. The summed E-state index contributed by atoms with van der Waals surface area (Å²) in [5.41, 5.74) is 12.5. The van der Waals surface area contributed by atoms with Crippen molar-refractivity contribution in [2.24, 2.45) is 0 Å². The van der Waals surface area contributed by atoms with Gasteiger partial charge in [-0.15, -0.1) is 0 Å². The molecule has 0 radical (unpaired) electrons. The van der Waals surface area contributed by atoms with Crippen LogP contribution in [0.3, 0.4) is 0 Å². The highest BCUT2D eigenvalue weighted by Gasteiger charge is 2.22. The van der Waals surface area contributed by atoms with Gasteiger partial charge in [0.05, 0.1) is 11.2 Å². The molecular weight excluding hydrogens is 520 g/mol. The number of benzene rings is 6. The summed E-state index contributed by atoms with van der Waals surface area (Å²) < 4.78 is 2.17. The lowest BCUT2D eigenvalue weighted by atomic mass is 9.90. The van der Waals surface area contributed by atoms with E-state index in [0.29, 0.717) is 0 Å². The van der Waals surface area contributed by atoms with Gasteiger partial charge in [0.2, 0.25) is 0 Å². The highest BCUT2D eigenvalue weighted by Crippen LogP contribution is 2.44. The zero-order valence-electron chi connectivity index (χ0n) is 23.6. The molecule has 6 aromatic carbocycles. The van der Waals surface area contributed by atoms with Crippen LogP contribution in [0.4, 0.5) is 0 Å². The Kier molecular flexibility index (Phi) is 6.16. The standard InChI is InChI=1S/C41H28N2/c1-6-16-29(17-7-1)35-26-34-27-38(31-20-10-3-11-21-31)43-41(37(34)28-36(35)30-18-8-2-9-19-30)39(32-22-12-4-13-23-32)40(42-43)33-24-14-5-15-25-33/h1-28H. The van der Waals surface area contributed by atoms with Gasteiger partial charge < -0.3 is 0 Å². The SMILES string of the molecule is c1ccc(-c2cc3cc(-c4ccccc4)n4nc(-c5ccccc5)c(-c5ccccc5)c4c3cc2-c2ccccc2)cc1. The van der Waals surface area contributed by atoms with Crippen molar-refractivity contribution in [1.82, 2.24) is 9.61 Å². The van der Waals surface area contributed by atoms with Gasteiger partial charge in [0.1, 0.15) is 5.69 Å². The second kappa shape index (κ2) is 10.6. The molecule has 2 aromatic heterocycles. The van der Waals surface area contributed by atoms with E-state index >= 15 is 0 Å². The van der Waals surface area contributed by atoms with E-state index in [4.69, 9.17) is 5.10 Å². The topological polar surface area (TPSA) is 17.3 Å². The zero-order valence-corrected chi connectivity index (χ0v) is 23.6. The third kappa shape index (κ3) is 4.41. The minimum atomic E-state index is 0.977. The van der Waals surface area contributed by atoms with Crippen molar-refractivity contribution < 1.29 is 0 Å². The zero-order chi connectivity index (χ0) is 28.6. The van der Waals surface area contributed by atoms with Crippen LogP contribution in [-0.2, 0) is 0 Å². The highest BCUT2D eigenvalue weighted by molar-refractivity contribution is 6.11. The van der Waals surface area contributed by atoms with Crippen LogP contribution in [0.1, 0.15) is 0 Å². The fraction of sp³-hybridized carbons (Fsp3) is 0. The van der Waals surface area contributed by atoms with Crippen LogP contribution in [-0.4, -0.2) is 9.61 Å². The van der Waals surface area contributed by atoms with E-state index in [1.54, 1.807) is 0 Å². The van der Waals surface area contributed by atoms with Crippen LogP contribution < -0.4 is 0 Å². The molecule has 2 heterocycles. The van der Waals surface area contributed by atoms with Crippen molar-refractivity contribution in [3.63, 3.8) is 0 Å². The Morgan fingerprint density at radius 2 is 0.837 bits per heavy atom. The molecule has 0 fully saturated rings. The first-order valence-corrected chi connectivity index (χ1v) is 14.7. The van der Waals surface area contributed by atoms with E-state index in [-0.39, 0.29) is 0 Å². The Balaban J connectivity index is 1.57. The van der Waals surface area contributed by atoms with E-state index in [1.807, 2.05) is 0 Å². The molecule has 8 rings (SSSR count). The average Bonchev–Trinajstić information content (AvgIpc) is 3.50. The van der Waals surface area contributed by atoms with Gasteiger partial charge in [0, 0.05) is 22.1 Å². The van der Waals surface area contributed by atoms with Gasteiger partial charge in [-0.1, -0.05) is 152 Å². The van der Waals surface area contributed by atoms with Crippen LogP contribution in [0.25, 0.3) is 72.2 Å². The molecule has 0 N–H and O–H groups in total. The van der Waals surface area contributed by atoms with E-state index in [9.17, 15) is 0 Å². The van der Waals surface area contributed by atoms with Gasteiger partial charge in [0.25, 0.3) is 0 Å². The quantitative estimate of drug-likeness (QED) is 0.209. The fourth-order valence-electron chi connectivity index (χ4n) is 6.19. The van der Waals surface area contributed by atoms with Crippen LogP contribution in [0.5, 0.6) is 0 Å². The molecule has 202 valence electrons. The molecule has 0 saturated heterocycles. The van der Waals surface area contributed by atoms with Crippen molar-refractivity contribution in [3.05, 3.63) is 170 Å². The molecule has 0 aliphatic carbocycles. The average molecular weight is 549 g/mol. The minimum absolute atomic E-state index is 0.977. The van der Waals surface area contributed by atoms with Gasteiger partial charge >= 0.3 is 0 Å². The summed E-state index contributed by atoms with van der Waals surface area (Å²) in [7, 11) is 0. The summed E-state index contributed by atoms with van der Waals surface area (Å²) in [6, 6.07) is 60.3. The molecule has 0 atom stereocenters. The molecule has 0 amide bonds. The first kappa shape index (κ1) is 25.0. The molecule has 0 spiro atoms. The maximum absolute atomic E-state index is 5.39. The molecular formula is C41H28N2. The maximum Gasteiger partial charge on any atom is 0.101 e. The van der Waals surface area contributed by atoms with Crippen molar-refractivity contribution in [2.75, 3.05) is 0 Å². The third-order valence-electron chi connectivity index (χ3n) is 8.20. The highest BCUT2D eigenvalue weighted by atomic mass is 15.2. The summed E-state index contributed by atoms with van der Waals surface area (Å²) in [5, 5.41) is 7.74. The number of pyridine rings is 1. The Morgan fingerprint density at radius 1 is 0.395 bits per heavy atom. The van der Waals surface area contributed by atoms with Gasteiger partial charge in [-0.25, -0.2) is 4.52 Å². The Bertz CT molecular complexity index is 2180. The maximum atomic E-state index is 5.39. The number of hydrogen-bond acceptors (Lipinski definition) is 1. The molecule has 2 nitrogen and oxygen atoms in total. The van der Waals surface area contributed by atoms with E-state index in [1.165, 1.54) is 33.0 Å². The van der Waals surface area contributed by atoms with Crippen molar-refractivity contribution >= 4 is 16.3 Å². The summed E-state index contributed by atoms with van der Waals surface area (Å²) in [6.45, 7) is 0. The first-order valence-electron chi connectivity index (χ1n) is 14.7. The van der Waals surface area contributed by atoms with Crippen molar-refractivity contribution in [3.8, 4) is 55.9 Å². The lowest BCUT2D eigenvalue weighted by Gasteiger charge is -2.16. The molecule has 0 aliphatic heterocycles. The Hall–Kier alpha value is -5.73. The van der Waals surface area contributed by atoms with E-state index in [2.05, 4.69) is 174 Å². The minimum Gasteiger partial charge on any atom is -0.231 e. The van der Waals surface area contributed by atoms with Gasteiger partial charge in [-0.05, 0) is 51.4 Å². The van der Waals surface area contributed by atoms with Gasteiger partial charge in [-0.3, -0.25) is 0 Å². The van der Waals surface area contributed by atoms with Crippen LogP contribution in [0.2, 0.25) is 0 Å². The lowest BCUT2D eigenvalue weighted by molar-refractivity contribution is 0.979. The predicted octanol–water partition coefficient (Wildman–Crippen LogP) is 10.8. The number of rotatable bonds is 5. The van der Waals surface area contributed by atoms with E-state index < -0.39 is 0 Å². The number of fused-ring (bicyclic) bond motifs is 3. The molecule has 2 heteroatoms. The molecule has 0 unspecified atom stereocenters. The summed E-state index contributed by atoms with van der Waals surface area (Å²) in [4.78, 5) is 0. The summed E-state index contributed by atoms with van der Waals surface area (Å²) in [5.74, 6) is 0. The van der Waals surface area contributed by atoms with Crippen LogP contribution in [0.15, 0.2) is 170 Å². The fourth-order valence-corrected chi connectivity index (χ4v) is 6.19. The summed E-state index contributed by atoms with van der Waals surface area (Å²) in [6.07, 6.45) is 0. The predicted molar refractivity (Wildman–Crippen MR) is 180 cm³/mol. The lowest BCUT2D eigenvalue weighted by Crippen LogP contribution is -1.97. The second-order valence-corrected chi connectivity index (χ2v) is 10.8. The Morgan fingerprint density at radius 3 is 1.37 bits per heavy atom. The first-order chi connectivity index (χ1) is 21.3. The largest absolute Gasteiger partial charge is 0.231 e. The van der Waals surface area contributed by atoms with Crippen LogP contribution in [0, 0.1) is 0 Å². The molecule has 43 heavy (non-hydrogen) atoms. The molecule has 0 bridgehead atoms. The van der Waals surface area contributed by atoms with Crippen molar-refractivity contribution in [2.45, 2.75) is 0 Å². The monoisotopic (exact) mass is 548 g/mol. The second-order valence-electron chi connectivity index (χ2n) is 10.8. The normalized spacial score (nSPS) is 11.3. The number of hydrogen-bond donors (Lipinski definition) is 0. The molecule has 0 aliphatic rings. The Labute approximate surface area is 251 Å². The smallest absolute Gasteiger partial charge is 0.101 e. The molecule has 8 aromatic rings. The van der Waals surface area contributed by atoms with Crippen molar-refractivity contribution in [1.29, 1.82) is 0 Å². The van der Waals surface area contributed by atoms with E-state index in [0.717, 1.165) is 39.2 Å². The van der Waals surface area contributed by atoms with Gasteiger partial charge in [-0.2, -0.15) is 5.10 Å². The van der Waals surface area contributed by atoms with Crippen LogP contribution >= 0.6 is 0 Å².